The van der Waals surface area contributed by atoms with Gasteiger partial charge in [0.2, 0.25) is 12.2 Å². The van der Waals surface area contributed by atoms with E-state index in [9.17, 15) is 4.79 Å². The summed E-state index contributed by atoms with van der Waals surface area (Å²) in [6, 6.07) is 9.47. The van der Waals surface area contributed by atoms with Crippen molar-refractivity contribution in [1.29, 1.82) is 0 Å². The van der Waals surface area contributed by atoms with Gasteiger partial charge in [0.15, 0.2) is 0 Å². The highest BCUT2D eigenvalue weighted by Gasteiger charge is 2.11. The van der Waals surface area contributed by atoms with Gasteiger partial charge in [-0.3, -0.25) is 0 Å². The third-order valence-electron chi connectivity index (χ3n) is 1.67. The molecule has 0 saturated heterocycles. The van der Waals surface area contributed by atoms with Crippen molar-refractivity contribution in [3.05, 3.63) is 30.3 Å². The zero-order chi connectivity index (χ0) is 9.68. The van der Waals surface area contributed by atoms with Gasteiger partial charge in [-0.1, -0.05) is 18.2 Å². The number of rotatable bonds is 3. The smallest absolute Gasteiger partial charge is 0.372 e. The molecule has 0 N–H and O–H groups in total. The van der Waals surface area contributed by atoms with Gasteiger partial charge in [-0.25, -0.2) is 4.79 Å². The Bertz CT molecular complexity index is 306. The van der Waals surface area contributed by atoms with Crippen molar-refractivity contribution in [2.45, 2.75) is 0 Å². The molecule has 0 aromatic heterocycles. The van der Waals surface area contributed by atoms with Gasteiger partial charge in [0.25, 0.3) is 0 Å². The second kappa shape index (κ2) is 4.40. The Kier molecular flexibility index (Phi) is 3.20. The van der Waals surface area contributed by atoms with Gasteiger partial charge in [0, 0.05) is 12.1 Å². The van der Waals surface area contributed by atoms with Gasteiger partial charge < -0.3 is 4.74 Å². The van der Waals surface area contributed by atoms with Crippen LogP contribution in [-0.4, -0.2) is 30.9 Å². The van der Waals surface area contributed by atoms with E-state index in [0.29, 0.717) is 0 Å². The number of esters is 1. The molecule has 0 radical (unpaired) electrons. The number of carbonyl (C=O) groups is 1. The van der Waals surface area contributed by atoms with E-state index < -0.39 is 0 Å². The Morgan fingerprint density at radius 1 is 1.46 bits per heavy atom. The number of methoxy groups -OCH3 is 1. The fourth-order valence-electron chi connectivity index (χ4n) is 0.950. The van der Waals surface area contributed by atoms with E-state index in [1.165, 1.54) is 7.11 Å². The van der Waals surface area contributed by atoms with E-state index >= 15 is 0 Å². The first-order chi connectivity index (χ1) is 6.24. The minimum absolute atomic E-state index is 0.167. The molecule has 0 amide bonds. The predicted octanol–water partition coefficient (Wildman–Crippen LogP) is 1.20. The van der Waals surface area contributed by atoms with E-state index in [0.717, 1.165) is 5.69 Å². The summed E-state index contributed by atoms with van der Waals surface area (Å²) in [4.78, 5) is 10.9. The minimum Gasteiger partial charge on any atom is -0.464 e. The lowest BCUT2D eigenvalue weighted by Crippen LogP contribution is -2.16. The second-order valence-corrected chi connectivity index (χ2v) is 2.61. The molecule has 0 saturated carbocycles. The Morgan fingerprint density at radius 2 is 2.08 bits per heavy atom. The summed E-state index contributed by atoms with van der Waals surface area (Å²) < 4.78 is 6.11. The summed E-state index contributed by atoms with van der Waals surface area (Å²) in [5.41, 5.74) is 0.896. The lowest BCUT2D eigenvalue weighted by molar-refractivity contribution is -0.421. The van der Waals surface area contributed by atoms with E-state index in [2.05, 4.69) is 11.5 Å². The standard InChI is InChI=1S/C10H12NO2/c1-11(8-10(12)13-2)9-6-4-3-5-7-9/h3-7H,1,8H2,2H3/q+1. The van der Waals surface area contributed by atoms with Crippen molar-refractivity contribution in [2.24, 2.45) is 0 Å². The third-order valence-corrected chi connectivity index (χ3v) is 1.67. The van der Waals surface area contributed by atoms with Gasteiger partial charge in [-0.15, -0.1) is 0 Å². The average molecular weight is 178 g/mol. The fraction of sp³-hybridized carbons (Fsp3) is 0.200. The molecule has 0 bridgehead atoms. The zero-order valence-electron chi connectivity index (χ0n) is 7.56. The monoisotopic (exact) mass is 178 g/mol. The number of benzene rings is 1. The largest absolute Gasteiger partial charge is 0.464 e. The molecule has 1 aromatic rings. The summed E-state index contributed by atoms with van der Waals surface area (Å²) in [7, 11) is 1.36. The van der Waals surface area contributed by atoms with Crippen LogP contribution in [0.15, 0.2) is 30.3 Å². The van der Waals surface area contributed by atoms with Crippen LogP contribution in [0.5, 0.6) is 0 Å². The van der Waals surface area contributed by atoms with E-state index in [1.54, 1.807) is 4.58 Å². The van der Waals surface area contributed by atoms with Crippen LogP contribution in [-0.2, 0) is 9.53 Å². The van der Waals surface area contributed by atoms with Gasteiger partial charge in [-0.2, -0.15) is 4.58 Å². The van der Waals surface area contributed by atoms with Crippen molar-refractivity contribution in [1.82, 2.24) is 0 Å². The summed E-state index contributed by atoms with van der Waals surface area (Å²) in [5.74, 6) is -0.293. The lowest BCUT2D eigenvalue weighted by Gasteiger charge is -1.98. The van der Waals surface area contributed by atoms with Crippen LogP contribution in [0.4, 0.5) is 5.69 Å². The summed E-state index contributed by atoms with van der Waals surface area (Å²) >= 11 is 0. The number of hydrogen-bond acceptors (Lipinski definition) is 2. The number of nitrogens with zero attached hydrogens (tertiary/aromatic N) is 1. The molecule has 0 spiro atoms. The topological polar surface area (TPSA) is 29.3 Å². The van der Waals surface area contributed by atoms with Crippen LogP contribution >= 0.6 is 0 Å². The van der Waals surface area contributed by atoms with Gasteiger partial charge in [0.05, 0.1) is 7.11 Å². The maximum absolute atomic E-state index is 10.9. The Labute approximate surface area is 77.3 Å². The average Bonchev–Trinajstić information content (AvgIpc) is 2.19. The maximum atomic E-state index is 10.9. The number of hydrogen-bond donors (Lipinski definition) is 0. The Hall–Kier alpha value is -1.64. The molecule has 68 valence electrons. The number of ether oxygens (including phenoxy) is 1. The normalized spacial score (nSPS) is 9.31. The van der Waals surface area contributed by atoms with Crippen LogP contribution < -0.4 is 0 Å². The van der Waals surface area contributed by atoms with E-state index in [1.807, 2.05) is 30.3 Å². The molecule has 0 fully saturated rings. The summed E-state index contributed by atoms with van der Waals surface area (Å²) in [6.07, 6.45) is 0. The van der Waals surface area contributed by atoms with Crippen LogP contribution in [0.2, 0.25) is 0 Å². The highest BCUT2D eigenvalue weighted by molar-refractivity contribution is 5.70. The molecule has 0 aliphatic rings. The molecule has 0 aliphatic carbocycles. The van der Waals surface area contributed by atoms with Crippen LogP contribution in [0.1, 0.15) is 0 Å². The summed E-state index contributed by atoms with van der Waals surface area (Å²) in [6.45, 7) is 3.90. The third kappa shape index (κ3) is 2.71. The van der Waals surface area contributed by atoms with Crippen molar-refractivity contribution in [2.75, 3.05) is 13.7 Å². The number of carbonyl (C=O) groups excluding carboxylic acids is 1. The van der Waals surface area contributed by atoms with Gasteiger partial charge in [-0.05, 0) is 0 Å². The quantitative estimate of drug-likeness (QED) is 0.395. The van der Waals surface area contributed by atoms with E-state index in [-0.39, 0.29) is 12.5 Å². The maximum Gasteiger partial charge on any atom is 0.372 e. The molecule has 3 nitrogen and oxygen atoms in total. The van der Waals surface area contributed by atoms with Crippen molar-refractivity contribution in [3.63, 3.8) is 0 Å². The molecular formula is C10H12NO2+. The highest BCUT2D eigenvalue weighted by Crippen LogP contribution is 2.08. The Balaban J connectivity index is 2.65. The molecule has 0 atom stereocenters. The Morgan fingerprint density at radius 3 is 2.62 bits per heavy atom. The zero-order valence-corrected chi connectivity index (χ0v) is 7.56. The molecule has 3 heteroatoms. The molecule has 0 unspecified atom stereocenters. The SMILES string of the molecule is C=[N+](CC(=O)OC)c1ccccc1. The summed E-state index contributed by atoms with van der Waals surface area (Å²) in [5, 5.41) is 0. The van der Waals surface area contributed by atoms with E-state index in [4.69, 9.17) is 0 Å². The van der Waals surface area contributed by atoms with Gasteiger partial charge >= 0.3 is 5.97 Å². The molecule has 1 rings (SSSR count). The first-order valence-electron chi connectivity index (χ1n) is 3.94. The van der Waals surface area contributed by atoms with Crippen molar-refractivity contribution >= 4 is 18.4 Å². The van der Waals surface area contributed by atoms with Crippen molar-refractivity contribution < 1.29 is 14.1 Å². The fourth-order valence-corrected chi connectivity index (χ4v) is 0.950. The minimum atomic E-state index is -0.293. The number of para-hydroxylation sites is 1. The molecular weight excluding hydrogens is 166 g/mol. The molecule has 13 heavy (non-hydrogen) atoms. The van der Waals surface area contributed by atoms with Crippen LogP contribution in [0.3, 0.4) is 0 Å². The molecule has 1 aromatic carbocycles. The highest BCUT2D eigenvalue weighted by atomic mass is 16.5. The predicted molar refractivity (Wildman–Crippen MR) is 50.4 cm³/mol. The lowest BCUT2D eigenvalue weighted by atomic mass is 10.3. The first kappa shape index (κ1) is 9.45. The van der Waals surface area contributed by atoms with Gasteiger partial charge in [0.1, 0.15) is 6.72 Å². The van der Waals surface area contributed by atoms with Crippen LogP contribution in [0, 0.1) is 0 Å². The second-order valence-electron chi connectivity index (χ2n) is 2.61. The molecule has 0 aliphatic heterocycles. The first-order valence-corrected chi connectivity index (χ1v) is 3.94. The van der Waals surface area contributed by atoms with Crippen molar-refractivity contribution in [3.8, 4) is 0 Å². The molecule has 0 heterocycles. The van der Waals surface area contributed by atoms with Crippen LogP contribution in [0.25, 0.3) is 0 Å².